The summed E-state index contributed by atoms with van der Waals surface area (Å²) in [7, 11) is 0. The minimum absolute atomic E-state index is 0.0161. The fraction of sp³-hybridized carbons (Fsp3) is 0.486. The van der Waals surface area contributed by atoms with Crippen LogP contribution in [0.3, 0.4) is 0 Å². The van der Waals surface area contributed by atoms with Crippen molar-refractivity contribution in [2.24, 2.45) is 0 Å². The zero-order chi connectivity index (χ0) is 37.0. The Balaban J connectivity index is 2.09. The van der Waals surface area contributed by atoms with Crippen molar-refractivity contribution in [1.82, 2.24) is 0 Å². The van der Waals surface area contributed by atoms with Crippen LogP contribution in [0.2, 0.25) is 5.02 Å². The molecule has 1 fully saturated rings. The minimum Gasteiger partial charge on any atom is -0.488 e. The number of carbonyl (C=O) groups excluding carboxylic acids is 6. The first-order valence-electron chi connectivity index (χ1n) is 15.7. The Hall–Kier alpha value is -4.69. The summed E-state index contributed by atoms with van der Waals surface area (Å²) in [5, 5.41) is 0.369. The minimum atomic E-state index is -1.78. The van der Waals surface area contributed by atoms with E-state index < -0.39 is 72.9 Å². The zero-order valence-electron chi connectivity index (χ0n) is 28.6. The molecule has 1 heterocycles. The second kappa shape index (κ2) is 18.9. The first-order valence-corrected chi connectivity index (χ1v) is 16.1. The highest BCUT2D eigenvalue weighted by Gasteiger charge is 2.48. The zero-order valence-corrected chi connectivity index (χ0v) is 29.4. The van der Waals surface area contributed by atoms with Crippen molar-refractivity contribution in [3.63, 3.8) is 0 Å². The summed E-state index contributed by atoms with van der Waals surface area (Å²) in [6, 6.07) is 12.1. The van der Waals surface area contributed by atoms with E-state index >= 15 is 0 Å². The average Bonchev–Trinajstić information content (AvgIpc) is 3.53. The summed E-state index contributed by atoms with van der Waals surface area (Å²) in [4.78, 5) is 73.8. The summed E-state index contributed by atoms with van der Waals surface area (Å²) >= 11 is 6.61. The molecular weight excluding hydrogens is 680 g/mol. The normalized spacial score (nSPS) is 16.8. The standard InChI is InChI=1S/C35H41ClO14/c1-19(37)44-18-31(45-20(2)38)33(47-22(4)40)35(49-24(6)42)34(48-23(5)41)32(46-21(3)39)26-9-12-30(36)27(16-26)15-25-7-10-28(11-8-25)50-29-13-14-43-17-29/h7-12,16,29,31-35H,13-15,17-18H2,1-6H3/t29-,31?,32?,33+,34-,35-/m0/s1. The van der Waals surface area contributed by atoms with E-state index in [0.29, 0.717) is 36.0 Å². The van der Waals surface area contributed by atoms with Crippen LogP contribution < -0.4 is 4.74 Å². The predicted molar refractivity (Wildman–Crippen MR) is 174 cm³/mol. The summed E-state index contributed by atoms with van der Waals surface area (Å²) in [5.41, 5.74) is 1.71. The first-order chi connectivity index (χ1) is 23.6. The fourth-order valence-electron chi connectivity index (χ4n) is 5.27. The number of halogens is 1. The van der Waals surface area contributed by atoms with Crippen LogP contribution in [0.4, 0.5) is 0 Å². The van der Waals surface area contributed by atoms with Gasteiger partial charge in [0, 0.05) is 53.0 Å². The van der Waals surface area contributed by atoms with Gasteiger partial charge >= 0.3 is 35.8 Å². The molecule has 0 aromatic heterocycles. The highest BCUT2D eigenvalue weighted by Crippen LogP contribution is 2.34. The van der Waals surface area contributed by atoms with Crippen molar-refractivity contribution >= 4 is 47.4 Å². The van der Waals surface area contributed by atoms with Gasteiger partial charge < -0.3 is 37.9 Å². The van der Waals surface area contributed by atoms with Crippen LogP contribution in [0, 0.1) is 0 Å². The van der Waals surface area contributed by atoms with Crippen LogP contribution >= 0.6 is 11.6 Å². The van der Waals surface area contributed by atoms with Crippen LogP contribution in [-0.2, 0) is 68.3 Å². The van der Waals surface area contributed by atoms with E-state index in [9.17, 15) is 28.8 Å². The molecule has 0 radical (unpaired) electrons. The lowest BCUT2D eigenvalue weighted by atomic mass is 9.92. The van der Waals surface area contributed by atoms with Gasteiger partial charge in [0.2, 0.25) is 0 Å². The molecule has 2 aromatic carbocycles. The molecule has 14 nitrogen and oxygen atoms in total. The van der Waals surface area contributed by atoms with Gasteiger partial charge in [-0.2, -0.15) is 0 Å². The Bertz CT molecular complexity index is 1520. The maximum Gasteiger partial charge on any atom is 0.303 e. The molecule has 6 atom stereocenters. The summed E-state index contributed by atoms with van der Waals surface area (Å²) in [6.45, 7) is 6.93. The Kier molecular flexibility index (Phi) is 15.0. The second-order valence-electron chi connectivity index (χ2n) is 11.5. The van der Waals surface area contributed by atoms with Gasteiger partial charge in [0.1, 0.15) is 18.5 Å². The fourth-order valence-corrected chi connectivity index (χ4v) is 5.46. The smallest absolute Gasteiger partial charge is 0.303 e. The Morgan fingerprint density at radius 3 is 1.84 bits per heavy atom. The summed E-state index contributed by atoms with van der Waals surface area (Å²) in [5.74, 6) is -4.49. The molecule has 0 saturated carbocycles. The lowest BCUT2D eigenvalue weighted by Crippen LogP contribution is -2.54. The molecule has 2 aromatic rings. The Labute approximate surface area is 294 Å². The SMILES string of the molecule is CC(=O)OCC(OC(C)=O)[C@@H](OC(C)=O)[C@H](OC(C)=O)[C@@H](OC(C)=O)C(OC(C)=O)c1ccc(Cl)c(Cc2ccc(O[C@H]3CCOC3)cc2)c1. The number of ether oxygens (including phenoxy) is 8. The van der Waals surface area contributed by atoms with Crippen molar-refractivity contribution in [1.29, 1.82) is 0 Å². The van der Waals surface area contributed by atoms with Crippen LogP contribution in [0.25, 0.3) is 0 Å². The largest absolute Gasteiger partial charge is 0.488 e. The molecule has 15 heteroatoms. The number of rotatable bonds is 16. The van der Waals surface area contributed by atoms with Crippen molar-refractivity contribution in [2.75, 3.05) is 19.8 Å². The van der Waals surface area contributed by atoms with Crippen molar-refractivity contribution < 1.29 is 66.7 Å². The van der Waals surface area contributed by atoms with E-state index in [1.807, 2.05) is 24.3 Å². The van der Waals surface area contributed by atoms with Crippen molar-refractivity contribution in [3.8, 4) is 5.75 Å². The predicted octanol–water partition coefficient (Wildman–Crippen LogP) is 3.99. The quantitative estimate of drug-likeness (QED) is 0.180. The van der Waals surface area contributed by atoms with Gasteiger partial charge in [0.25, 0.3) is 0 Å². The third-order valence-electron chi connectivity index (χ3n) is 7.19. The van der Waals surface area contributed by atoms with E-state index in [-0.39, 0.29) is 11.7 Å². The molecule has 1 saturated heterocycles. The van der Waals surface area contributed by atoms with Gasteiger partial charge in [-0.3, -0.25) is 28.8 Å². The van der Waals surface area contributed by atoms with Gasteiger partial charge in [-0.05, 0) is 41.3 Å². The Morgan fingerprint density at radius 1 is 0.720 bits per heavy atom. The van der Waals surface area contributed by atoms with Crippen LogP contribution in [0.15, 0.2) is 42.5 Å². The molecule has 1 aliphatic rings. The molecule has 50 heavy (non-hydrogen) atoms. The highest BCUT2D eigenvalue weighted by atomic mass is 35.5. The van der Waals surface area contributed by atoms with Gasteiger partial charge in [0.05, 0.1) is 13.2 Å². The van der Waals surface area contributed by atoms with Gasteiger partial charge in [-0.25, -0.2) is 0 Å². The summed E-state index contributed by atoms with van der Waals surface area (Å²) < 4.78 is 44.1. The molecule has 2 unspecified atom stereocenters. The van der Waals surface area contributed by atoms with Crippen molar-refractivity contribution in [2.45, 2.75) is 91.0 Å². The molecule has 1 aliphatic heterocycles. The van der Waals surface area contributed by atoms with E-state index in [0.717, 1.165) is 53.5 Å². The van der Waals surface area contributed by atoms with E-state index in [1.165, 1.54) is 6.07 Å². The van der Waals surface area contributed by atoms with Crippen LogP contribution in [0.1, 0.15) is 70.8 Å². The highest BCUT2D eigenvalue weighted by molar-refractivity contribution is 6.31. The Morgan fingerprint density at radius 2 is 1.30 bits per heavy atom. The number of esters is 6. The molecule has 0 spiro atoms. The lowest BCUT2D eigenvalue weighted by Gasteiger charge is -2.38. The summed E-state index contributed by atoms with van der Waals surface area (Å²) in [6.07, 6.45) is -7.15. The van der Waals surface area contributed by atoms with E-state index in [4.69, 9.17) is 49.5 Å². The average molecular weight is 721 g/mol. The molecule has 272 valence electrons. The number of carbonyl (C=O) groups is 6. The number of benzene rings is 2. The molecule has 0 N–H and O–H groups in total. The van der Waals surface area contributed by atoms with Crippen molar-refractivity contribution in [3.05, 3.63) is 64.2 Å². The number of hydrogen-bond acceptors (Lipinski definition) is 14. The van der Waals surface area contributed by atoms with E-state index in [2.05, 4.69) is 0 Å². The molecule has 0 amide bonds. The van der Waals surface area contributed by atoms with Crippen LogP contribution in [-0.4, -0.2) is 86.2 Å². The lowest BCUT2D eigenvalue weighted by molar-refractivity contribution is -0.214. The van der Waals surface area contributed by atoms with Gasteiger partial charge in [-0.15, -0.1) is 0 Å². The monoisotopic (exact) mass is 720 g/mol. The maximum absolute atomic E-state index is 12.6. The second-order valence-corrected chi connectivity index (χ2v) is 11.9. The van der Waals surface area contributed by atoms with Crippen LogP contribution in [0.5, 0.6) is 5.75 Å². The topological polar surface area (TPSA) is 176 Å². The number of hydrogen-bond donors (Lipinski definition) is 0. The first kappa shape index (κ1) is 39.7. The molecule has 0 bridgehead atoms. The molecule has 3 rings (SSSR count). The van der Waals surface area contributed by atoms with Gasteiger partial charge in [-0.1, -0.05) is 35.9 Å². The van der Waals surface area contributed by atoms with E-state index in [1.54, 1.807) is 12.1 Å². The molecular formula is C35H41ClO14. The maximum atomic E-state index is 12.6. The third-order valence-corrected chi connectivity index (χ3v) is 7.56. The third kappa shape index (κ3) is 12.6. The molecule has 0 aliphatic carbocycles. The van der Waals surface area contributed by atoms with Gasteiger partial charge in [0.15, 0.2) is 30.5 Å².